The molecule has 1 aliphatic heterocycles. The summed E-state index contributed by atoms with van der Waals surface area (Å²) in [6.07, 6.45) is 0. The lowest BCUT2D eigenvalue weighted by Crippen LogP contribution is -2.41. The molecule has 0 spiro atoms. The number of hydrogen-bond donors (Lipinski definition) is 0. The van der Waals surface area contributed by atoms with E-state index in [0.717, 1.165) is 28.6 Å². The molecule has 1 fully saturated rings. The van der Waals surface area contributed by atoms with Crippen molar-refractivity contribution < 1.29 is 14.3 Å². The first-order valence-corrected chi connectivity index (χ1v) is 8.02. The zero-order valence-corrected chi connectivity index (χ0v) is 14.9. The maximum absolute atomic E-state index is 13.2. The van der Waals surface area contributed by atoms with Gasteiger partial charge in [-0.05, 0) is 62.4 Å². The molecule has 0 radical (unpaired) electrons. The average Bonchev–Trinajstić information content (AvgIpc) is 2.80. The van der Waals surface area contributed by atoms with Crippen molar-refractivity contribution in [3.8, 4) is 11.5 Å². The Bertz CT molecular complexity index is 795. The fourth-order valence-electron chi connectivity index (χ4n) is 3.02. The molecule has 1 heterocycles. The number of nitrogens with zero attached hydrogens (tertiary/aromatic N) is 2. The lowest BCUT2D eigenvalue weighted by Gasteiger charge is -2.30. The Morgan fingerprint density at radius 3 is 1.72 bits per heavy atom. The fourth-order valence-corrected chi connectivity index (χ4v) is 3.02. The number of rotatable bonds is 4. The van der Waals surface area contributed by atoms with Crippen LogP contribution in [0.4, 0.5) is 16.2 Å². The van der Waals surface area contributed by atoms with E-state index in [0.29, 0.717) is 0 Å². The first-order chi connectivity index (χ1) is 11.9. The van der Waals surface area contributed by atoms with Crippen LogP contribution in [0, 0.1) is 0 Å². The zero-order chi connectivity index (χ0) is 18.2. The third-order valence-corrected chi connectivity index (χ3v) is 4.58. The number of amides is 2. The zero-order valence-electron chi connectivity index (χ0n) is 14.9. The summed E-state index contributed by atoms with van der Waals surface area (Å²) in [7, 11) is 3.23. The predicted octanol–water partition coefficient (Wildman–Crippen LogP) is 4.44. The first-order valence-electron chi connectivity index (χ1n) is 8.02. The summed E-state index contributed by atoms with van der Waals surface area (Å²) in [5, 5.41) is 0. The van der Waals surface area contributed by atoms with Crippen molar-refractivity contribution in [1.82, 2.24) is 0 Å². The van der Waals surface area contributed by atoms with Gasteiger partial charge in [-0.15, -0.1) is 0 Å². The summed E-state index contributed by atoms with van der Waals surface area (Å²) in [5.74, 6) is 1.49. The van der Waals surface area contributed by atoms with Crippen molar-refractivity contribution in [2.75, 3.05) is 24.0 Å². The van der Waals surface area contributed by atoms with Crippen LogP contribution in [0.1, 0.15) is 13.8 Å². The Morgan fingerprint density at radius 2 is 1.28 bits per heavy atom. The second kappa shape index (κ2) is 6.16. The Hall–Kier alpha value is -2.95. The fraction of sp³-hybridized carbons (Fsp3) is 0.250. The molecule has 0 aliphatic carbocycles. The summed E-state index contributed by atoms with van der Waals surface area (Å²) in [4.78, 5) is 16.6. The van der Waals surface area contributed by atoms with Crippen molar-refractivity contribution in [3.05, 3.63) is 60.8 Å². The quantitative estimate of drug-likeness (QED) is 0.827. The van der Waals surface area contributed by atoms with E-state index in [4.69, 9.17) is 9.47 Å². The number of urea groups is 1. The minimum Gasteiger partial charge on any atom is -0.497 e. The minimum atomic E-state index is -0.550. The molecule has 5 heteroatoms. The smallest absolute Gasteiger partial charge is 0.334 e. The number of benzene rings is 2. The number of carbonyl (C=O) groups is 1. The standard InChI is InChI=1S/C20H22N2O3/c1-14-20(2,3)22(16-8-12-18(25-5)13-9-16)19(23)21(14)15-6-10-17(24-4)11-7-15/h6-13H,1H2,2-5H3. The van der Waals surface area contributed by atoms with E-state index in [1.165, 1.54) is 0 Å². The SMILES string of the molecule is C=C1N(c2ccc(OC)cc2)C(=O)N(c2ccc(OC)cc2)C1(C)C. The Balaban J connectivity index is 2.00. The molecule has 0 N–H and O–H groups in total. The number of methoxy groups -OCH3 is 2. The van der Waals surface area contributed by atoms with E-state index >= 15 is 0 Å². The Kier molecular flexibility index (Phi) is 4.17. The molecule has 2 aromatic rings. The van der Waals surface area contributed by atoms with Crippen molar-refractivity contribution in [1.29, 1.82) is 0 Å². The van der Waals surface area contributed by atoms with E-state index in [2.05, 4.69) is 6.58 Å². The molecule has 3 rings (SSSR count). The molecule has 0 unspecified atom stereocenters. The second-order valence-corrected chi connectivity index (χ2v) is 6.36. The number of ether oxygens (including phenoxy) is 2. The molecule has 0 aromatic heterocycles. The molecule has 2 amide bonds. The van der Waals surface area contributed by atoms with Gasteiger partial charge in [-0.3, -0.25) is 9.80 Å². The Labute approximate surface area is 148 Å². The molecular formula is C20H22N2O3. The molecule has 0 saturated carbocycles. The van der Waals surface area contributed by atoms with Gasteiger partial charge in [0.05, 0.1) is 25.4 Å². The summed E-state index contributed by atoms with van der Waals surface area (Å²) >= 11 is 0. The van der Waals surface area contributed by atoms with E-state index in [1.54, 1.807) is 24.0 Å². The topological polar surface area (TPSA) is 42.0 Å². The van der Waals surface area contributed by atoms with Crippen LogP contribution in [0.15, 0.2) is 60.8 Å². The summed E-state index contributed by atoms with van der Waals surface area (Å²) < 4.78 is 10.4. The maximum Gasteiger partial charge on any atom is 0.334 e. The highest BCUT2D eigenvalue weighted by molar-refractivity contribution is 6.11. The largest absolute Gasteiger partial charge is 0.497 e. The van der Waals surface area contributed by atoms with Crippen molar-refractivity contribution in [2.45, 2.75) is 19.4 Å². The van der Waals surface area contributed by atoms with Crippen LogP contribution >= 0.6 is 0 Å². The number of anilines is 2. The molecule has 25 heavy (non-hydrogen) atoms. The van der Waals surface area contributed by atoms with Gasteiger partial charge in [-0.25, -0.2) is 4.79 Å². The van der Waals surface area contributed by atoms with Crippen LogP contribution in [-0.2, 0) is 0 Å². The molecule has 130 valence electrons. The molecule has 1 saturated heterocycles. The van der Waals surface area contributed by atoms with Crippen LogP contribution in [0.25, 0.3) is 0 Å². The summed E-state index contributed by atoms with van der Waals surface area (Å²) in [6, 6.07) is 14.7. The normalized spacial score (nSPS) is 16.3. The van der Waals surface area contributed by atoms with Gasteiger partial charge in [-0.1, -0.05) is 6.58 Å². The van der Waals surface area contributed by atoms with Gasteiger partial charge >= 0.3 is 6.03 Å². The van der Waals surface area contributed by atoms with Crippen LogP contribution < -0.4 is 19.3 Å². The van der Waals surface area contributed by atoms with Crippen LogP contribution in [-0.4, -0.2) is 25.8 Å². The molecule has 0 atom stereocenters. The molecule has 2 aromatic carbocycles. The van der Waals surface area contributed by atoms with Gasteiger partial charge in [-0.2, -0.15) is 0 Å². The molecule has 0 bridgehead atoms. The van der Waals surface area contributed by atoms with Gasteiger partial charge in [0.1, 0.15) is 11.5 Å². The van der Waals surface area contributed by atoms with Gasteiger partial charge < -0.3 is 9.47 Å². The predicted molar refractivity (Wildman–Crippen MR) is 99.6 cm³/mol. The summed E-state index contributed by atoms with van der Waals surface area (Å²) in [6.45, 7) is 8.15. The third kappa shape index (κ3) is 2.71. The molecule has 5 nitrogen and oxygen atoms in total. The van der Waals surface area contributed by atoms with E-state index < -0.39 is 5.54 Å². The average molecular weight is 338 g/mol. The van der Waals surface area contributed by atoms with E-state index in [1.807, 2.05) is 62.4 Å². The highest BCUT2D eigenvalue weighted by atomic mass is 16.5. The van der Waals surface area contributed by atoms with Crippen LogP contribution in [0.3, 0.4) is 0 Å². The minimum absolute atomic E-state index is 0.134. The lowest BCUT2D eigenvalue weighted by atomic mass is 10.00. The van der Waals surface area contributed by atoms with Gasteiger partial charge in [0.2, 0.25) is 0 Å². The van der Waals surface area contributed by atoms with Crippen molar-refractivity contribution in [3.63, 3.8) is 0 Å². The lowest BCUT2D eigenvalue weighted by molar-refractivity contribution is 0.254. The van der Waals surface area contributed by atoms with E-state index in [9.17, 15) is 4.79 Å². The highest BCUT2D eigenvalue weighted by Gasteiger charge is 2.48. The molecular weight excluding hydrogens is 316 g/mol. The Morgan fingerprint density at radius 1 is 0.840 bits per heavy atom. The van der Waals surface area contributed by atoms with Gasteiger partial charge in [0, 0.05) is 11.4 Å². The monoisotopic (exact) mass is 338 g/mol. The van der Waals surface area contributed by atoms with Crippen molar-refractivity contribution in [2.24, 2.45) is 0 Å². The maximum atomic E-state index is 13.2. The van der Waals surface area contributed by atoms with Gasteiger partial charge in [0.25, 0.3) is 0 Å². The highest BCUT2D eigenvalue weighted by Crippen LogP contribution is 2.41. The first kappa shape index (κ1) is 16.9. The van der Waals surface area contributed by atoms with Crippen molar-refractivity contribution >= 4 is 17.4 Å². The van der Waals surface area contributed by atoms with Gasteiger partial charge in [0.15, 0.2) is 0 Å². The summed E-state index contributed by atoms with van der Waals surface area (Å²) in [5.41, 5.74) is 1.73. The molecule has 1 aliphatic rings. The number of hydrogen-bond acceptors (Lipinski definition) is 3. The third-order valence-electron chi connectivity index (χ3n) is 4.58. The number of carbonyl (C=O) groups excluding carboxylic acids is 1. The second-order valence-electron chi connectivity index (χ2n) is 6.36. The van der Waals surface area contributed by atoms with E-state index in [-0.39, 0.29) is 6.03 Å². The van der Waals surface area contributed by atoms with Crippen LogP contribution in [0.2, 0.25) is 0 Å². The van der Waals surface area contributed by atoms with Crippen LogP contribution in [0.5, 0.6) is 11.5 Å².